The number of hydrogen-bond acceptors (Lipinski definition) is 7. The van der Waals surface area contributed by atoms with Gasteiger partial charge in [-0.3, -0.25) is 14.7 Å². The molecule has 1 saturated heterocycles. The number of aryl methyl sites for hydroxylation is 1. The Balaban J connectivity index is 1.47. The second-order valence-corrected chi connectivity index (χ2v) is 11.2. The van der Waals surface area contributed by atoms with Gasteiger partial charge in [0.05, 0.1) is 34.9 Å². The van der Waals surface area contributed by atoms with E-state index in [0.717, 1.165) is 21.3 Å². The van der Waals surface area contributed by atoms with Crippen LogP contribution in [0.4, 0.5) is 5.13 Å². The third-order valence-electron chi connectivity index (χ3n) is 5.78. The summed E-state index contributed by atoms with van der Waals surface area (Å²) in [5, 5.41) is 0.574. The van der Waals surface area contributed by atoms with E-state index in [0.29, 0.717) is 43.5 Å². The maximum absolute atomic E-state index is 13.7. The summed E-state index contributed by atoms with van der Waals surface area (Å²) in [6.07, 6.45) is 3.40. The van der Waals surface area contributed by atoms with Crippen molar-refractivity contribution >= 4 is 42.6 Å². The Kier molecular flexibility index (Phi) is 6.61. The van der Waals surface area contributed by atoms with Crippen LogP contribution in [0.15, 0.2) is 71.9 Å². The average Bonchev–Trinajstić information content (AvgIpc) is 3.31. The number of morpholine rings is 1. The number of carbonyl (C=O) groups excluding carboxylic acids is 1. The number of aromatic nitrogens is 2. The standard InChI is InChI=1S/C25H24N4O4S2/c1-18-4-9-22-23(15-18)34-25(27-22)29(17-19-3-2-10-26-16-19)24(30)20-5-7-21(8-6-20)35(31,32)28-11-13-33-14-12-28/h2-10,15-16H,11-14,17H2,1H3. The molecule has 35 heavy (non-hydrogen) atoms. The third kappa shape index (κ3) is 4.96. The number of hydrogen-bond donors (Lipinski definition) is 0. The molecule has 0 saturated carbocycles. The van der Waals surface area contributed by atoms with E-state index in [1.54, 1.807) is 29.4 Å². The van der Waals surface area contributed by atoms with Gasteiger partial charge in [-0.05, 0) is 60.5 Å². The van der Waals surface area contributed by atoms with Crippen molar-refractivity contribution in [3.63, 3.8) is 0 Å². The zero-order chi connectivity index (χ0) is 24.4. The zero-order valence-electron chi connectivity index (χ0n) is 19.1. The molecule has 0 aliphatic carbocycles. The van der Waals surface area contributed by atoms with Gasteiger partial charge >= 0.3 is 0 Å². The number of nitrogens with zero attached hydrogens (tertiary/aromatic N) is 4. The third-order valence-corrected chi connectivity index (χ3v) is 8.74. The Bertz CT molecular complexity index is 1450. The molecule has 5 rings (SSSR count). The second kappa shape index (κ2) is 9.82. The van der Waals surface area contributed by atoms with Gasteiger partial charge in [0, 0.05) is 31.0 Å². The summed E-state index contributed by atoms with van der Waals surface area (Å²) in [7, 11) is -3.64. The van der Waals surface area contributed by atoms with Crippen molar-refractivity contribution < 1.29 is 17.9 Å². The summed E-state index contributed by atoms with van der Waals surface area (Å²) in [6.45, 7) is 3.70. The van der Waals surface area contributed by atoms with E-state index in [4.69, 9.17) is 9.72 Å². The van der Waals surface area contributed by atoms with Crippen LogP contribution in [-0.4, -0.2) is 54.9 Å². The number of benzene rings is 2. The molecule has 8 nitrogen and oxygen atoms in total. The first-order valence-electron chi connectivity index (χ1n) is 11.2. The largest absolute Gasteiger partial charge is 0.379 e. The van der Waals surface area contributed by atoms with Gasteiger partial charge in [0.2, 0.25) is 10.0 Å². The quantitative estimate of drug-likeness (QED) is 0.393. The molecule has 2 aromatic carbocycles. The van der Waals surface area contributed by atoms with Crippen molar-refractivity contribution in [1.82, 2.24) is 14.3 Å². The van der Waals surface area contributed by atoms with Crippen LogP contribution in [-0.2, 0) is 21.3 Å². The number of thiazole rings is 1. The van der Waals surface area contributed by atoms with Crippen LogP contribution < -0.4 is 4.90 Å². The Morgan fingerprint density at radius 3 is 2.60 bits per heavy atom. The van der Waals surface area contributed by atoms with E-state index in [1.165, 1.54) is 27.8 Å². The van der Waals surface area contributed by atoms with E-state index in [2.05, 4.69) is 11.1 Å². The van der Waals surface area contributed by atoms with Crippen molar-refractivity contribution in [3.8, 4) is 0 Å². The lowest BCUT2D eigenvalue weighted by Gasteiger charge is -2.26. The first-order valence-corrected chi connectivity index (χ1v) is 13.4. The van der Waals surface area contributed by atoms with E-state index >= 15 is 0 Å². The fourth-order valence-corrected chi connectivity index (χ4v) is 6.37. The summed E-state index contributed by atoms with van der Waals surface area (Å²) in [6, 6.07) is 15.8. The van der Waals surface area contributed by atoms with Gasteiger partial charge in [-0.2, -0.15) is 4.31 Å². The molecule has 0 N–H and O–H groups in total. The number of rotatable bonds is 6. The van der Waals surface area contributed by atoms with E-state index < -0.39 is 10.0 Å². The van der Waals surface area contributed by atoms with Gasteiger partial charge in [0.25, 0.3) is 5.91 Å². The number of carbonyl (C=O) groups is 1. The van der Waals surface area contributed by atoms with E-state index in [9.17, 15) is 13.2 Å². The molecule has 0 spiro atoms. The molecule has 1 aliphatic heterocycles. The minimum atomic E-state index is -3.64. The van der Waals surface area contributed by atoms with Crippen molar-refractivity contribution in [2.24, 2.45) is 0 Å². The second-order valence-electron chi connectivity index (χ2n) is 8.26. The van der Waals surface area contributed by atoms with Crippen molar-refractivity contribution in [2.45, 2.75) is 18.4 Å². The SMILES string of the molecule is Cc1ccc2nc(N(Cc3cccnc3)C(=O)c3ccc(S(=O)(=O)N4CCOCC4)cc3)sc2c1. The molecular formula is C25H24N4O4S2. The van der Waals surface area contributed by atoms with Gasteiger partial charge in [-0.25, -0.2) is 13.4 Å². The van der Waals surface area contributed by atoms with Crippen molar-refractivity contribution in [1.29, 1.82) is 0 Å². The first-order chi connectivity index (χ1) is 16.9. The highest BCUT2D eigenvalue weighted by Crippen LogP contribution is 2.31. The van der Waals surface area contributed by atoms with Gasteiger partial charge in [-0.15, -0.1) is 0 Å². The molecule has 0 atom stereocenters. The molecule has 0 unspecified atom stereocenters. The van der Waals surface area contributed by atoms with Crippen LogP contribution in [0.25, 0.3) is 10.2 Å². The van der Waals surface area contributed by atoms with E-state index in [-0.39, 0.29) is 10.8 Å². The van der Waals surface area contributed by atoms with Crippen LogP contribution in [0.3, 0.4) is 0 Å². The van der Waals surface area contributed by atoms with Crippen LogP contribution in [0.1, 0.15) is 21.5 Å². The Morgan fingerprint density at radius 2 is 1.89 bits per heavy atom. The lowest BCUT2D eigenvalue weighted by Crippen LogP contribution is -2.40. The number of pyridine rings is 1. The highest BCUT2D eigenvalue weighted by Gasteiger charge is 2.27. The zero-order valence-corrected chi connectivity index (χ0v) is 20.8. The summed E-state index contributed by atoms with van der Waals surface area (Å²) < 4.78 is 33.6. The number of amides is 1. The minimum absolute atomic E-state index is 0.158. The molecule has 180 valence electrons. The number of anilines is 1. The van der Waals surface area contributed by atoms with Gasteiger partial charge in [0.1, 0.15) is 0 Å². The summed E-state index contributed by atoms with van der Waals surface area (Å²) >= 11 is 1.45. The summed E-state index contributed by atoms with van der Waals surface area (Å²) in [5.74, 6) is -0.264. The lowest BCUT2D eigenvalue weighted by molar-refractivity contribution is 0.0730. The molecule has 10 heteroatoms. The first kappa shape index (κ1) is 23.6. The molecular weight excluding hydrogens is 484 g/mol. The monoisotopic (exact) mass is 508 g/mol. The fraction of sp³-hybridized carbons (Fsp3) is 0.240. The van der Waals surface area contributed by atoms with Gasteiger partial charge in [-0.1, -0.05) is 23.5 Å². The maximum Gasteiger partial charge on any atom is 0.260 e. The van der Waals surface area contributed by atoms with Gasteiger partial charge < -0.3 is 4.74 Å². The maximum atomic E-state index is 13.7. The molecule has 3 heterocycles. The Morgan fingerprint density at radius 1 is 1.11 bits per heavy atom. The molecule has 1 aliphatic rings. The van der Waals surface area contributed by atoms with Crippen LogP contribution in [0.2, 0.25) is 0 Å². The minimum Gasteiger partial charge on any atom is -0.379 e. The lowest BCUT2D eigenvalue weighted by atomic mass is 10.2. The van der Waals surface area contributed by atoms with Crippen LogP contribution in [0, 0.1) is 6.92 Å². The molecule has 1 fully saturated rings. The predicted octanol–water partition coefficient (Wildman–Crippen LogP) is 3.87. The number of ether oxygens (including phenoxy) is 1. The fourth-order valence-electron chi connectivity index (χ4n) is 3.90. The highest BCUT2D eigenvalue weighted by atomic mass is 32.2. The van der Waals surface area contributed by atoms with Crippen LogP contribution in [0.5, 0.6) is 0 Å². The Hall–Kier alpha value is -3.18. The summed E-state index contributed by atoms with van der Waals surface area (Å²) in [5.41, 5.74) is 3.19. The molecule has 0 bridgehead atoms. The normalized spacial score (nSPS) is 14.8. The van der Waals surface area contributed by atoms with Crippen molar-refractivity contribution in [3.05, 3.63) is 83.7 Å². The van der Waals surface area contributed by atoms with Crippen molar-refractivity contribution in [2.75, 3.05) is 31.2 Å². The van der Waals surface area contributed by atoms with E-state index in [1.807, 2.05) is 31.2 Å². The summed E-state index contributed by atoms with van der Waals surface area (Å²) in [4.78, 5) is 24.3. The number of fused-ring (bicyclic) bond motifs is 1. The molecule has 2 aromatic heterocycles. The highest BCUT2D eigenvalue weighted by molar-refractivity contribution is 7.89. The Labute approximate surface area is 207 Å². The van der Waals surface area contributed by atoms with Gasteiger partial charge in [0.15, 0.2) is 5.13 Å². The molecule has 4 aromatic rings. The smallest absolute Gasteiger partial charge is 0.260 e. The van der Waals surface area contributed by atoms with Crippen LogP contribution >= 0.6 is 11.3 Å². The molecule has 0 radical (unpaired) electrons. The predicted molar refractivity (Wildman–Crippen MR) is 135 cm³/mol. The number of sulfonamides is 1. The molecule has 1 amide bonds. The average molecular weight is 509 g/mol. The topological polar surface area (TPSA) is 92.7 Å².